The zero-order chi connectivity index (χ0) is 16.4. The van der Waals surface area contributed by atoms with Gasteiger partial charge in [-0.05, 0) is 22.6 Å². The number of amides is 3. The van der Waals surface area contributed by atoms with Crippen LogP contribution in [0.4, 0.5) is 4.79 Å². The van der Waals surface area contributed by atoms with Crippen molar-refractivity contribution in [2.75, 3.05) is 0 Å². The van der Waals surface area contributed by atoms with Crippen LogP contribution in [-0.2, 0) is 11.3 Å². The Morgan fingerprint density at radius 1 is 1.00 bits per heavy atom. The lowest BCUT2D eigenvalue weighted by Gasteiger charge is -2.14. The SMILES string of the molecule is CC(C)c1ccc(CN2C(=O)NC(c3ccccc3)C2=O)cc1. The van der Waals surface area contributed by atoms with E-state index in [9.17, 15) is 9.59 Å². The number of carbonyl (C=O) groups excluding carboxylic acids is 2. The van der Waals surface area contributed by atoms with E-state index in [0.29, 0.717) is 12.5 Å². The molecule has 1 unspecified atom stereocenters. The van der Waals surface area contributed by atoms with E-state index in [0.717, 1.165) is 11.1 Å². The molecule has 118 valence electrons. The lowest BCUT2D eigenvalue weighted by molar-refractivity contribution is -0.128. The van der Waals surface area contributed by atoms with Crippen molar-refractivity contribution >= 4 is 11.9 Å². The van der Waals surface area contributed by atoms with E-state index in [1.807, 2.05) is 54.6 Å². The van der Waals surface area contributed by atoms with Crippen molar-refractivity contribution in [1.82, 2.24) is 10.2 Å². The van der Waals surface area contributed by atoms with E-state index >= 15 is 0 Å². The van der Waals surface area contributed by atoms with Crippen LogP contribution in [0, 0.1) is 0 Å². The zero-order valence-electron chi connectivity index (χ0n) is 13.3. The predicted octanol–water partition coefficient (Wildman–Crippen LogP) is 3.60. The van der Waals surface area contributed by atoms with Crippen molar-refractivity contribution in [3.8, 4) is 0 Å². The molecule has 1 atom stereocenters. The van der Waals surface area contributed by atoms with Crippen molar-refractivity contribution < 1.29 is 9.59 Å². The van der Waals surface area contributed by atoms with Crippen molar-refractivity contribution in [2.45, 2.75) is 32.4 Å². The molecule has 3 rings (SSSR count). The first-order valence-electron chi connectivity index (χ1n) is 7.82. The number of rotatable bonds is 4. The molecule has 2 aromatic rings. The minimum atomic E-state index is -0.585. The molecule has 3 amide bonds. The summed E-state index contributed by atoms with van der Waals surface area (Å²) >= 11 is 0. The number of imide groups is 1. The summed E-state index contributed by atoms with van der Waals surface area (Å²) in [6.07, 6.45) is 0. The largest absolute Gasteiger partial charge is 0.325 e. The van der Waals surface area contributed by atoms with E-state index in [1.54, 1.807) is 0 Å². The van der Waals surface area contributed by atoms with Gasteiger partial charge in [-0.2, -0.15) is 0 Å². The number of hydrogen-bond acceptors (Lipinski definition) is 2. The number of carbonyl (C=O) groups is 2. The Balaban J connectivity index is 1.75. The van der Waals surface area contributed by atoms with Crippen LogP contribution in [0.2, 0.25) is 0 Å². The van der Waals surface area contributed by atoms with Crippen LogP contribution in [0.3, 0.4) is 0 Å². The Labute approximate surface area is 136 Å². The maximum atomic E-state index is 12.5. The Kier molecular flexibility index (Phi) is 4.15. The summed E-state index contributed by atoms with van der Waals surface area (Å²) in [5, 5.41) is 2.76. The Morgan fingerprint density at radius 3 is 2.26 bits per heavy atom. The lowest BCUT2D eigenvalue weighted by Crippen LogP contribution is -2.30. The third-order valence-corrected chi connectivity index (χ3v) is 4.15. The van der Waals surface area contributed by atoms with E-state index in [4.69, 9.17) is 0 Å². The van der Waals surface area contributed by atoms with E-state index < -0.39 is 6.04 Å². The summed E-state index contributed by atoms with van der Waals surface area (Å²) in [5.41, 5.74) is 3.00. The normalized spacial score (nSPS) is 17.7. The molecule has 4 heteroatoms. The highest BCUT2D eigenvalue weighted by atomic mass is 16.2. The molecular formula is C19H20N2O2. The molecule has 0 saturated carbocycles. The van der Waals surface area contributed by atoms with Gasteiger partial charge in [-0.15, -0.1) is 0 Å². The number of nitrogens with one attached hydrogen (secondary N) is 1. The number of nitrogens with zero attached hydrogens (tertiary/aromatic N) is 1. The van der Waals surface area contributed by atoms with Gasteiger partial charge in [0.1, 0.15) is 6.04 Å². The molecule has 0 spiro atoms. The average Bonchev–Trinajstić information content (AvgIpc) is 2.84. The molecule has 0 aliphatic carbocycles. The van der Waals surface area contributed by atoms with Crippen LogP contribution in [-0.4, -0.2) is 16.8 Å². The summed E-state index contributed by atoms with van der Waals surface area (Å²) in [4.78, 5) is 26.0. The molecule has 1 fully saturated rings. The van der Waals surface area contributed by atoms with Crippen LogP contribution in [0.5, 0.6) is 0 Å². The first-order chi connectivity index (χ1) is 11.1. The third kappa shape index (κ3) is 3.11. The second-order valence-electron chi connectivity index (χ2n) is 6.11. The highest BCUT2D eigenvalue weighted by Crippen LogP contribution is 2.23. The van der Waals surface area contributed by atoms with Crippen LogP contribution < -0.4 is 5.32 Å². The van der Waals surface area contributed by atoms with Crippen LogP contribution in [0.25, 0.3) is 0 Å². The topological polar surface area (TPSA) is 49.4 Å². The molecule has 1 N–H and O–H groups in total. The van der Waals surface area contributed by atoms with Gasteiger partial charge in [-0.1, -0.05) is 68.4 Å². The van der Waals surface area contributed by atoms with Crippen LogP contribution in [0.1, 0.15) is 42.5 Å². The van der Waals surface area contributed by atoms with Gasteiger partial charge in [0.2, 0.25) is 0 Å². The molecule has 0 radical (unpaired) electrons. The molecular weight excluding hydrogens is 288 g/mol. The highest BCUT2D eigenvalue weighted by Gasteiger charge is 2.38. The van der Waals surface area contributed by atoms with Gasteiger partial charge >= 0.3 is 6.03 Å². The molecule has 4 nitrogen and oxygen atoms in total. The second-order valence-corrected chi connectivity index (χ2v) is 6.11. The first kappa shape index (κ1) is 15.3. The minimum Gasteiger partial charge on any atom is -0.322 e. The summed E-state index contributed by atoms with van der Waals surface area (Å²) < 4.78 is 0. The fraction of sp³-hybridized carbons (Fsp3) is 0.263. The molecule has 1 aliphatic heterocycles. The Bertz CT molecular complexity index is 708. The Morgan fingerprint density at radius 2 is 1.65 bits per heavy atom. The van der Waals surface area contributed by atoms with Gasteiger partial charge in [0.25, 0.3) is 5.91 Å². The molecule has 1 aliphatic rings. The van der Waals surface area contributed by atoms with Gasteiger partial charge in [0, 0.05) is 0 Å². The lowest BCUT2D eigenvalue weighted by atomic mass is 10.0. The fourth-order valence-corrected chi connectivity index (χ4v) is 2.73. The molecule has 1 heterocycles. The van der Waals surface area contributed by atoms with Crippen molar-refractivity contribution in [1.29, 1.82) is 0 Å². The number of benzene rings is 2. The number of urea groups is 1. The van der Waals surface area contributed by atoms with E-state index in [2.05, 4.69) is 19.2 Å². The van der Waals surface area contributed by atoms with E-state index in [-0.39, 0.29) is 11.9 Å². The summed E-state index contributed by atoms with van der Waals surface area (Å²) in [6, 6.07) is 16.4. The maximum Gasteiger partial charge on any atom is 0.325 e. The summed E-state index contributed by atoms with van der Waals surface area (Å²) in [7, 11) is 0. The monoisotopic (exact) mass is 308 g/mol. The van der Waals surface area contributed by atoms with Crippen LogP contribution >= 0.6 is 0 Å². The van der Waals surface area contributed by atoms with Crippen molar-refractivity contribution in [3.05, 3.63) is 71.3 Å². The molecule has 1 saturated heterocycles. The minimum absolute atomic E-state index is 0.200. The number of hydrogen-bond donors (Lipinski definition) is 1. The van der Waals surface area contributed by atoms with E-state index in [1.165, 1.54) is 10.5 Å². The molecule has 23 heavy (non-hydrogen) atoms. The van der Waals surface area contributed by atoms with Gasteiger partial charge in [0.15, 0.2) is 0 Å². The quantitative estimate of drug-likeness (QED) is 0.877. The molecule has 0 bridgehead atoms. The van der Waals surface area contributed by atoms with Gasteiger partial charge in [0.05, 0.1) is 6.54 Å². The van der Waals surface area contributed by atoms with Gasteiger partial charge in [-0.25, -0.2) is 4.79 Å². The summed E-state index contributed by atoms with van der Waals surface area (Å²) in [5.74, 6) is 0.261. The van der Waals surface area contributed by atoms with Gasteiger partial charge in [-0.3, -0.25) is 9.69 Å². The molecule has 0 aromatic heterocycles. The second kappa shape index (κ2) is 6.24. The fourth-order valence-electron chi connectivity index (χ4n) is 2.73. The zero-order valence-corrected chi connectivity index (χ0v) is 13.3. The average molecular weight is 308 g/mol. The first-order valence-corrected chi connectivity index (χ1v) is 7.82. The molecule has 2 aromatic carbocycles. The van der Waals surface area contributed by atoms with Crippen molar-refractivity contribution in [3.63, 3.8) is 0 Å². The highest BCUT2D eigenvalue weighted by molar-refractivity contribution is 6.04. The smallest absolute Gasteiger partial charge is 0.322 e. The standard InChI is InChI=1S/C19H20N2O2/c1-13(2)15-10-8-14(9-11-15)12-21-18(22)17(20-19(21)23)16-6-4-3-5-7-16/h3-11,13,17H,12H2,1-2H3,(H,20,23). The van der Waals surface area contributed by atoms with Crippen molar-refractivity contribution in [2.24, 2.45) is 0 Å². The predicted molar refractivity (Wildman–Crippen MR) is 88.8 cm³/mol. The third-order valence-electron chi connectivity index (χ3n) is 4.15. The van der Waals surface area contributed by atoms with Gasteiger partial charge < -0.3 is 5.32 Å². The Hall–Kier alpha value is -2.62. The summed E-state index contributed by atoms with van der Waals surface area (Å²) in [6.45, 7) is 4.57. The maximum absolute atomic E-state index is 12.5. The van der Waals surface area contributed by atoms with Crippen LogP contribution in [0.15, 0.2) is 54.6 Å².